The van der Waals surface area contributed by atoms with Crippen molar-refractivity contribution in [2.45, 2.75) is 19.3 Å². The number of carboxylic acid groups (broad SMARTS) is 1. The zero-order chi connectivity index (χ0) is 11.4. The van der Waals surface area contributed by atoms with Crippen molar-refractivity contribution in [3.63, 3.8) is 0 Å². The lowest BCUT2D eigenvalue weighted by molar-refractivity contribution is -0.305. The molecule has 5 heteroatoms. The monoisotopic (exact) mass is 222 g/mol. The molecule has 4 atom stereocenters. The highest BCUT2D eigenvalue weighted by Crippen LogP contribution is 2.55. The summed E-state index contributed by atoms with van der Waals surface area (Å²) in [6.45, 7) is -0.579. The number of hydrogen-bond donors (Lipinski definition) is 0. The predicted molar refractivity (Wildman–Crippen MR) is 49.5 cm³/mol. The van der Waals surface area contributed by atoms with Crippen LogP contribution in [0.25, 0.3) is 0 Å². The van der Waals surface area contributed by atoms with E-state index in [1.807, 2.05) is 0 Å². The second-order valence-corrected chi connectivity index (χ2v) is 5.02. The summed E-state index contributed by atoms with van der Waals surface area (Å²) in [5, 5.41) is 10.5. The zero-order valence-corrected chi connectivity index (χ0v) is 8.72. The summed E-state index contributed by atoms with van der Waals surface area (Å²) in [7, 11) is 0. The van der Waals surface area contributed by atoms with Gasteiger partial charge in [0.1, 0.15) is 0 Å². The number of carboxylic acids is 1. The molecule has 3 fully saturated rings. The van der Waals surface area contributed by atoms with E-state index < -0.39 is 12.5 Å². The molecule has 86 valence electrons. The Bertz CT molecular complexity index is 363. The molecule has 0 aromatic rings. The summed E-state index contributed by atoms with van der Waals surface area (Å²) in [6, 6.07) is 0. The molecule has 0 radical (unpaired) electrons. The second kappa shape index (κ2) is 3.06. The van der Waals surface area contributed by atoms with E-state index in [1.165, 1.54) is 0 Å². The standard InChI is InChI=1S/C11H13NO4/c13-7(14)4-12-10(15)8-5-1-2-6(3-5)9(8)11(12)16/h5-6,8-9H,1-4H2,(H,13,14)/p-1/t5-,6-,8-,9-/m1/s1. The maximum Gasteiger partial charge on any atom is 0.233 e. The van der Waals surface area contributed by atoms with Crippen LogP contribution in [0.15, 0.2) is 0 Å². The Kier molecular flexibility index (Phi) is 1.87. The molecule has 2 amide bonds. The van der Waals surface area contributed by atoms with Crippen molar-refractivity contribution in [3.05, 3.63) is 0 Å². The van der Waals surface area contributed by atoms with Gasteiger partial charge in [0.25, 0.3) is 0 Å². The highest BCUT2D eigenvalue weighted by molar-refractivity contribution is 6.07. The molecular formula is C11H12NO4-. The van der Waals surface area contributed by atoms with Crippen LogP contribution in [0.2, 0.25) is 0 Å². The number of carbonyl (C=O) groups excluding carboxylic acids is 3. The summed E-state index contributed by atoms with van der Waals surface area (Å²) < 4.78 is 0. The molecule has 3 aliphatic rings. The van der Waals surface area contributed by atoms with Gasteiger partial charge in [0, 0.05) is 0 Å². The molecule has 0 N–H and O–H groups in total. The van der Waals surface area contributed by atoms with Crippen molar-refractivity contribution < 1.29 is 19.5 Å². The Morgan fingerprint density at radius 1 is 1.19 bits per heavy atom. The van der Waals surface area contributed by atoms with Crippen molar-refractivity contribution in [1.29, 1.82) is 0 Å². The molecule has 2 bridgehead atoms. The first kappa shape index (κ1) is 9.81. The lowest BCUT2D eigenvalue weighted by Crippen LogP contribution is -2.42. The summed E-state index contributed by atoms with van der Waals surface area (Å²) in [4.78, 5) is 35.2. The van der Waals surface area contributed by atoms with E-state index in [9.17, 15) is 19.5 Å². The minimum Gasteiger partial charge on any atom is -0.548 e. The number of hydrogen-bond acceptors (Lipinski definition) is 4. The number of nitrogens with zero attached hydrogens (tertiary/aromatic N) is 1. The average Bonchev–Trinajstić information content (AvgIpc) is 2.87. The molecule has 1 aliphatic heterocycles. The van der Waals surface area contributed by atoms with Gasteiger partial charge in [-0.15, -0.1) is 0 Å². The Labute approximate surface area is 92.4 Å². The van der Waals surface area contributed by atoms with Crippen LogP contribution in [0.3, 0.4) is 0 Å². The van der Waals surface area contributed by atoms with Crippen LogP contribution in [-0.4, -0.2) is 29.2 Å². The third-order valence-electron chi connectivity index (χ3n) is 4.31. The molecule has 0 unspecified atom stereocenters. The lowest BCUT2D eigenvalue weighted by Gasteiger charge is -2.19. The van der Waals surface area contributed by atoms with Gasteiger partial charge < -0.3 is 9.90 Å². The van der Waals surface area contributed by atoms with E-state index in [1.54, 1.807) is 0 Å². The van der Waals surface area contributed by atoms with E-state index in [0.717, 1.165) is 24.2 Å². The van der Waals surface area contributed by atoms with Gasteiger partial charge in [0.15, 0.2) is 0 Å². The average molecular weight is 222 g/mol. The van der Waals surface area contributed by atoms with E-state index >= 15 is 0 Å². The van der Waals surface area contributed by atoms with Gasteiger partial charge in [-0.25, -0.2) is 0 Å². The van der Waals surface area contributed by atoms with Crippen LogP contribution in [-0.2, 0) is 14.4 Å². The Morgan fingerprint density at radius 2 is 1.69 bits per heavy atom. The van der Waals surface area contributed by atoms with E-state index in [4.69, 9.17) is 0 Å². The highest BCUT2D eigenvalue weighted by Gasteiger charge is 2.60. The summed E-state index contributed by atoms with van der Waals surface area (Å²) in [6.07, 6.45) is 2.97. The van der Waals surface area contributed by atoms with Crippen molar-refractivity contribution in [3.8, 4) is 0 Å². The van der Waals surface area contributed by atoms with Gasteiger partial charge in [-0.1, -0.05) is 0 Å². The number of fused-ring (bicyclic) bond motifs is 5. The Morgan fingerprint density at radius 3 is 2.12 bits per heavy atom. The van der Waals surface area contributed by atoms with Crippen molar-refractivity contribution in [2.24, 2.45) is 23.7 Å². The third kappa shape index (κ3) is 1.08. The maximum atomic E-state index is 11.9. The van der Waals surface area contributed by atoms with Crippen LogP contribution >= 0.6 is 0 Å². The first-order chi connectivity index (χ1) is 7.59. The van der Waals surface area contributed by atoms with Gasteiger partial charge in [-0.3, -0.25) is 14.5 Å². The van der Waals surface area contributed by atoms with Crippen LogP contribution < -0.4 is 5.11 Å². The normalized spacial score (nSPS) is 40.6. The van der Waals surface area contributed by atoms with E-state index in [0.29, 0.717) is 11.8 Å². The number of rotatable bonds is 2. The topological polar surface area (TPSA) is 77.5 Å². The Hall–Kier alpha value is -1.39. The summed E-state index contributed by atoms with van der Waals surface area (Å²) in [5.41, 5.74) is 0. The number of aliphatic carboxylic acids is 1. The number of carbonyl (C=O) groups is 3. The lowest BCUT2D eigenvalue weighted by atomic mass is 9.81. The van der Waals surface area contributed by atoms with Crippen molar-refractivity contribution in [1.82, 2.24) is 4.90 Å². The van der Waals surface area contributed by atoms with Crippen molar-refractivity contribution >= 4 is 17.8 Å². The van der Waals surface area contributed by atoms with Crippen LogP contribution in [0.1, 0.15) is 19.3 Å². The quantitative estimate of drug-likeness (QED) is 0.548. The fourth-order valence-electron chi connectivity index (χ4n) is 3.76. The molecule has 0 aromatic carbocycles. The number of likely N-dealkylation sites (tertiary alicyclic amines) is 1. The fourth-order valence-corrected chi connectivity index (χ4v) is 3.76. The minimum atomic E-state index is -1.37. The van der Waals surface area contributed by atoms with Gasteiger partial charge in [-0.2, -0.15) is 0 Å². The molecule has 1 heterocycles. The predicted octanol–water partition coefficient (Wildman–Crippen LogP) is -1.23. The van der Waals surface area contributed by atoms with Gasteiger partial charge in [-0.05, 0) is 31.1 Å². The SMILES string of the molecule is O=C([O-])CN1C(=O)[C@@H]2[C@@H]3CC[C@H](C3)[C@H]2C1=O. The molecule has 3 rings (SSSR count). The molecular weight excluding hydrogens is 210 g/mol. The summed E-state index contributed by atoms with van der Waals surface area (Å²) in [5.74, 6) is -1.79. The zero-order valence-electron chi connectivity index (χ0n) is 8.72. The van der Waals surface area contributed by atoms with Gasteiger partial charge in [0.2, 0.25) is 11.8 Å². The molecule has 0 aromatic heterocycles. The largest absolute Gasteiger partial charge is 0.548 e. The number of imide groups is 1. The molecule has 0 spiro atoms. The fraction of sp³-hybridized carbons (Fsp3) is 0.727. The maximum absolute atomic E-state index is 11.9. The van der Waals surface area contributed by atoms with E-state index in [2.05, 4.69) is 0 Å². The molecule has 16 heavy (non-hydrogen) atoms. The van der Waals surface area contributed by atoms with Gasteiger partial charge >= 0.3 is 0 Å². The number of amides is 2. The molecule has 1 saturated heterocycles. The van der Waals surface area contributed by atoms with Crippen LogP contribution in [0.4, 0.5) is 0 Å². The first-order valence-electron chi connectivity index (χ1n) is 5.64. The van der Waals surface area contributed by atoms with Crippen LogP contribution in [0, 0.1) is 23.7 Å². The molecule has 2 aliphatic carbocycles. The second-order valence-electron chi connectivity index (χ2n) is 5.02. The Balaban J connectivity index is 1.89. The van der Waals surface area contributed by atoms with Gasteiger partial charge in [0.05, 0.1) is 24.3 Å². The highest BCUT2D eigenvalue weighted by atomic mass is 16.4. The minimum absolute atomic E-state index is 0.231. The smallest absolute Gasteiger partial charge is 0.233 e. The molecule has 5 nitrogen and oxygen atoms in total. The molecule has 2 saturated carbocycles. The third-order valence-corrected chi connectivity index (χ3v) is 4.31. The van der Waals surface area contributed by atoms with Crippen LogP contribution in [0.5, 0.6) is 0 Å². The summed E-state index contributed by atoms with van der Waals surface area (Å²) >= 11 is 0. The first-order valence-corrected chi connectivity index (χ1v) is 5.64. The van der Waals surface area contributed by atoms with E-state index in [-0.39, 0.29) is 23.7 Å². The van der Waals surface area contributed by atoms with Crippen molar-refractivity contribution in [2.75, 3.05) is 6.54 Å².